The molecule has 8 N–H and O–H groups in total. The largest absolute Gasteiger partial charge is 0.387 e. The van der Waals surface area contributed by atoms with E-state index in [9.17, 15) is 19.7 Å². The lowest BCUT2D eigenvalue weighted by atomic mass is 10.1. The van der Waals surface area contributed by atoms with Gasteiger partial charge in [0.1, 0.15) is 66.6 Å². The number of nitrogens with zero attached hydrogens (tertiary/aromatic N) is 7. The molecular weight excluding hydrogens is 718 g/mol. The Hall–Kier alpha value is -2.78. The van der Waals surface area contributed by atoms with Gasteiger partial charge in [0.05, 0.1) is 25.9 Å². The summed E-state index contributed by atoms with van der Waals surface area (Å²) in [4.78, 5) is 31.8. The SMILES string of the molecule is C#CCOC1N=C(N)Nc2c1ncn2[C@@H]1O[C@@H]2COP(O)(=S)OC3C(O)[C@H](n4cnc5c(N)ncnc54)O[C@@H]3COP(=O)(S)OC1C2O. The fourth-order valence-electron chi connectivity index (χ4n) is 5.63. The second-order valence-corrected chi connectivity index (χ2v) is 16.4. The van der Waals surface area contributed by atoms with Crippen molar-refractivity contribution in [2.45, 2.75) is 55.3 Å². The maximum Gasteiger partial charge on any atom is 0.386 e. The fraction of sp³-hybridized carbons (Fsp3) is 0.522. The van der Waals surface area contributed by atoms with Crippen LogP contribution >= 0.6 is 25.8 Å². The predicted octanol–water partition coefficient (Wildman–Crippen LogP) is -0.718. The van der Waals surface area contributed by atoms with Gasteiger partial charge in [0.15, 0.2) is 36.1 Å². The molecule has 258 valence electrons. The zero-order valence-corrected chi connectivity index (χ0v) is 27.8. The molecule has 3 aromatic heterocycles. The molecule has 25 heteroatoms. The van der Waals surface area contributed by atoms with Gasteiger partial charge in [0.2, 0.25) is 0 Å². The zero-order chi connectivity index (χ0) is 34.0. The van der Waals surface area contributed by atoms with Crippen LogP contribution in [0.25, 0.3) is 11.2 Å². The number of nitrogens with two attached hydrogens (primary N) is 2. The van der Waals surface area contributed by atoms with Crippen LogP contribution in [0.2, 0.25) is 0 Å². The van der Waals surface area contributed by atoms with Crippen molar-refractivity contribution < 1.29 is 52.0 Å². The minimum atomic E-state index is -4.36. The molecule has 7 heterocycles. The second-order valence-electron chi connectivity index (χ2n) is 10.8. The topological polar surface area (TPSA) is 280 Å². The highest BCUT2D eigenvalue weighted by molar-refractivity contribution is 8.44. The molecule has 0 saturated carbocycles. The Morgan fingerprint density at radius 3 is 2.60 bits per heavy atom. The molecule has 48 heavy (non-hydrogen) atoms. The normalized spacial score (nSPS) is 38.5. The summed E-state index contributed by atoms with van der Waals surface area (Å²) in [7, 11) is 0. The maximum absolute atomic E-state index is 13.7. The number of guanidine groups is 1. The van der Waals surface area contributed by atoms with Crippen LogP contribution in [-0.4, -0.2) is 107 Å². The lowest BCUT2D eigenvalue weighted by Gasteiger charge is -2.28. The van der Waals surface area contributed by atoms with E-state index in [0.29, 0.717) is 0 Å². The molecule has 7 rings (SSSR count). The van der Waals surface area contributed by atoms with Gasteiger partial charge in [0, 0.05) is 0 Å². The lowest BCUT2D eigenvalue weighted by Crippen LogP contribution is -2.36. The molecule has 3 fully saturated rings. The van der Waals surface area contributed by atoms with Crippen molar-refractivity contribution >= 4 is 66.3 Å². The highest BCUT2D eigenvalue weighted by atomic mass is 32.7. The van der Waals surface area contributed by atoms with Gasteiger partial charge in [-0.1, -0.05) is 18.2 Å². The number of aliphatic hydroxyl groups is 2. The number of hydrogen-bond donors (Lipinski definition) is 7. The molecule has 0 amide bonds. The summed E-state index contributed by atoms with van der Waals surface area (Å²) in [6, 6.07) is 0. The standard InChI is InChI=1S/C23H28N10O11P2S2/c1-2-3-38-20-12-19(30-23(25)31-20)33(8-29-12)22-16-13(34)9(41-22)4-39-45(36,47)43-15-10(5-40-46(37,48)44-16)42-21(14(15)35)32-7-28-11-17(24)26-6-27-18(11)32/h1,6-10,13-16,20-22,34-35H,3-5H2,(H,36,47)(H,37,48)(H2,24,26,27)(H3,25,30,31)/t9-,10-,13?,14?,15?,16?,20?,21-,22-,45?,46?/m1/s1. The van der Waals surface area contributed by atoms with E-state index < -0.39 is 82.0 Å². The van der Waals surface area contributed by atoms with Crippen molar-refractivity contribution in [3.05, 3.63) is 24.7 Å². The summed E-state index contributed by atoms with van der Waals surface area (Å²) in [5.41, 5.74) is 12.6. The van der Waals surface area contributed by atoms with Crippen molar-refractivity contribution in [2.75, 3.05) is 30.9 Å². The average Bonchev–Trinajstić information content (AvgIpc) is 3.79. The van der Waals surface area contributed by atoms with Gasteiger partial charge in [0.25, 0.3) is 0 Å². The molecule has 0 aromatic carbocycles. The fourth-order valence-corrected chi connectivity index (χ4v) is 8.53. The number of aliphatic imine (C=N–C) groups is 1. The van der Waals surface area contributed by atoms with E-state index in [4.69, 9.17) is 62.0 Å². The van der Waals surface area contributed by atoms with Crippen LogP contribution in [0, 0.1) is 12.3 Å². The number of ether oxygens (including phenoxy) is 3. The number of nitrogens with one attached hydrogen (secondary N) is 1. The first-order chi connectivity index (χ1) is 22.9. The number of hydrogen-bond acceptors (Lipinski definition) is 19. The Bertz CT molecular complexity index is 1890. The Kier molecular flexibility index (Phi) is 9.01. The third-order valence-electron chi connectivity index (χ3n) is 7.75. The number of fused-ring (bicyclic) bond motifs is 5. The van der Waals surface area contributed by atoms with Crippen LogP contribution in [0.15, 0.2) is 24.0 Å². The molecule has 3 aromatic rings. The molecule has 4 aliphatic rings. The molecule has 11 atom stereocenters. The van der Waals surface area contributed by atoms with E-state index in [1.807, 2.05) is 0 Å². The van der Waals surface area contributed by atoms with Crippen molar-refractivity contribution in [1.82, 2.24) is 29.1 Å². The van der Waals surface area contributed by atoms with Gasteiger partial charge in [-0.05, 0) is 11.8 Å². The monoisotopic (exact) mass is 746 g/mol. The molecule has 3 saturated heterocycles. The van der Waals surface area contributed by atoms with Crippen LogP contribution in [-0.2, 0) is 48.7 Å². The third kappa shape index (κ3) is 6.23. The molecule has 2 bridgehead atoms. The molecular formula is C23H28N10O11P2S2. The Labute approximate surface area is 280 Å². The Balaban J connectivity index is 1.17. The highest BCUT2D eigenvalue weighted by Crippen LogP contribution is 2.58. The van der Waals surface area contributed by atoms with Gasteiger partial charge in [-0.2, -0.15) is 0 Å². The van der Waals surface area contributed by atoms with Gasteiger partial charge < -0.3 is 50.6 Å². The van der Waals surface area contributed by atoms with Gasteiger partial charge >= 0.3 is 13.5 Å². The Morgan fingerprint density at radius 2 is 1.81 bits per heavy atom. The van der Waals surface area contributed by atoms with Crippen molar-refractivity contribution in [3.8, 4) is 12.3 Å². The molecule has 4 aliphatic heterocycles. The van der Waals surface area contributed by atoms with E-state index in [1.165, 1.54) is 28.1 Å². The number of aliphatic hydroxyl groups excluding tert-OH is 2. The third-order valence-corrected chi connectivity index (χ3v) is 10.9. The number of rotatable bonds is 4. The quantitative estimate of drug-likeness (QED) is 0.0985. The molecule has 21 nitrogen and oxygen atoms in total. The van der Waals surface area contributed by atoms with Crippen molar-refractivity contribution in [1.29, 1.82) is 0 Å². The van der Waals surface area contributed by atoms with E-state index in [0.717, 1.165) is 0 Å². The van der Waals surface area contributed by atoms with Crippen LogP contribution in [0.4, 0.5) is 11.6 Å². The molecule has 0 radical (unpaired) electrons. The summed E-state index contributed by atoms with van der Waals surface area (Å²) in [5.74, 6) is 2.66. The van der Waals surface area contributed by atoms with Gasteiger partial charge in [-0.25, -0.2) is 29.5 Å². The van der Waals surface area contributed by atoms with Crippen molar-refractivity contribution in [2.24, 2.45) is 10.7 Å². The molecule has 0 aliphatic carbocycles. The van der Waals surface area contributed by atoms with E-state index in [2.05, 4.69) is 48.4 Å². The van der Waals surface area contributed by atoms with Crippen LogP contribution < -0.4 is 16.8 Å². The van der Waals surface area contributed by atoms with Crippen LogP contribution in [0.1, 0.15) is 24.4 Å². The molecule has 0 spiro atoms. The first kappa shape index (κ1) is 33.7. The Morgan fingerprint density at radius 1 is 1.06 bits per heavy atom. The number of terminal acetylenes is 1. The number of aromatic nitrogens is 6. The number of nitrogen functional groups attached to an aromatic ring is 1. The number of anilines is 2. The van der Waals surface area contributed by atoms with Crippen LogP contribution in [0.3, 0.4) is 0 Å². The lowest BCUT2D eigenvalue weighted by molar-refractivity contribution is -0.0592. The predicted molar refractivity (Wildman–Crippen MR) is 169 cm³/mol. The summed E-state index contributed by atoms with van der Waals surface area (Å²) >= 11 is 9.39. The highest BCUT2D eigenvalue weighted by Gasteiger charge is 2.53. The minimum absolute atomic E-state index is 0.0307. The summed E-state index contributed by atoms with van der Waals surface area (Å²) in [6.07, 6.45) is -2.53. The number of thiol groups is 1. The van der Waals surface area contributed by atoms with Crippen LogP contribution in [0.5, 0.6) is 0 Å². The van der Waals surface area contributed by atoms with E-state index >= 15 is 0 Å². The first-order valence-electron chi connectivity index (χ1n) is 14.0. The minimum Gasteiger partial charge on any atom is -0.387 e. The van der Waals surface area contributed by atoms with E-state index in [-0.39, 0.29) is 41.1 Å². The van der Waals surface area contributed by atoms with Gasteiger partial charge in [-0.3, -0.25) is 22.7 Å². The summed E-state index contributed by atoms with van der Waals surface area (Å²) in [5, 5.41) is 25.5. The van der Waals surface area contributed by atoms with Gasteiger partial charge in [-0.15, -0.1) is 6.42 Å². The first-order valence-corrected chi connectivity index (χ1v) is 19.3. The van der Waals surface area contributed by atoms with E-state index in [1.54, 1.807) is 0 Å². The average molecular weight is 747 g/mol. The summed E-state index contributed by atoms with van der Waals surface area (Å²) < 4.78 is 56.8. The maximum atomic E-state index is 13.7. The second kappa shape index (κ2) is 12.8. The zero-order valence-electron chi connectivity index (χ0n) is 24.3. The smallest absolute Gasteiger partial charge is 0.386 e. The molecule has 7 unspecified atom stereocenters. The summed E-state index contributed by atoms with van der Waals surface area (Å²) in [6.45, 7) is -9.71. The number of imidazole rings is 2. The van der Waals surface area contributed by atoms with Crippen molar-refractivity contribution in [3.63, 3.8) is 0 Å².